The van der Waals surface area contributed by atoms with Gasteiger partial charge in [-0.2, -0.15) is 0 Å². The molecule has 0 aromatic carbocycles. The van der Waals surface area contributed by atoms with Gasteiger partial charge in [0.25, 0.3) is 0 Å². The smallest absolute Gasteiger partial charge is 0.225 e. The van der Waals surface area contributed by atoms with E-state index in [1.165, 1.54) is 0 Å². The van der Waals surface area contributed by atoms with E-state index in [0.29, 0.717) is 0 Å². The molecule has 0 saturated heterocycles. The lowest BCUT2D eigenvalue weighted by atomic mass is 10.1. The summed E-state index contributed by atoms with van der Waals surface area (Å²) in [5, 5.41) is 6.91. The van der Waals surface area contributed by atoms with Crippen molar-refractivity contribution in [2.45, 2.75) is 6.23 Å². The third kappa shape index (κ3) is 0.637. The van der Waals surface area contributed by atoms with E-state index in [1.807, 2.05) is 18.3 Å². The molecule has 0 bridgehead atoms. The first-order chi connectivity index (χ1) is 5.93. The summed E-state index contributed by atoms with van der Waals surface area (Å²) in [6.45, 7) is 0. The van der Waals surface area contributed by atoms with Gasteiger partial charge in [0, 0.05) is 11.8 Å². The first-order valence-corrected chi connectivity index (χ1v) is 3.78. The number of aromatic amines is 1. The van der Waals surface area contributed by atoms with Crippen LogP contribution in [-0.4, -0.2) is 17.4 Å². The second kappa shape index (κ2) is 1.91. The van der Waals surface area contributed by atoms with Crippen LogP contribution < -0.4 is 5.32 Å². The van der Waals surface area contributed by atoms with Gasteiger partial charge in [-0.25, -0.2) is 0 Å². The van der Waals surface area contributed by atoms with Gasteiger partial charge in [-0.15, -0.1) is 0 Å². The number of hydrogen-bond acceptors (Lipinski definition) is 3. The van der Waals surface area contributed by atoms with Crippen LogP contribution in [0.5, 0.6) is 0 Å². The molecular weight excluding hydrogens is 154 g/mol. The Morgan fingerprint density at radius 1 is 1.50 bits per heavy atom. The summed E-state index contributed by atoms with van der Waals surface area (Å²) >= 11 is 0. The Balaban J connectivity index is 2.14. The molecule has 0 spiro atoms. The van der Waals surface area contributed by atoms with Crippen molar-refractivity contribution in [3.63, 3.8) is 0 Å². The topological polar surface area (TPSA) is 49.4 Å². The predicted octanol–water partition coefficient (Wildman–Crippen LogP) is 1.17. The number of anilines is 1. The molecular formula is C8H7N3O. The van der Waals surface area contributed by atoms with Gasteiger partial charge >= 0.3 is 0 Å². The molecule has 0 amide bonds. The number of H-pyrrole nitrogens is 1. The van der Waals surface area contributed by atoms with Crippen molar-refractivity contribution in [2.24, 2.45) is 5.16 Å². The minimum atomic E-state index is -0.0895. The molecule has 0 saturated carbocycles. The lowest BCUT2D eigenvalue weighted by Crippen LogP contribution is -2.23. The van der Waals surface area contributed by atoms with Crippen LogP contribution >= 0.6 is 0 Å². The van der Waals surface area contributed by atoms with E-state index in [9.17, 15) is 0 Å². The number of hydrogen-bond donors (Lipinski definition) is 2. The third-order valence-electron chi connectivity index (χ3n) is 2.05. The van der Waals surface area contributed by atoms with Gasteiger partial charge in [0.2, 0.25) is 6.23 Å². The normalized spacial score (nSPS) is 23.7. The van der Waals surface area contributed by atoms with Crippen LogP contribution in [-0.2, 0) is 4.84 Å². The maximum atomic E-state index is 5.06. The second-order valence-electron chi connectivity index (χ2n) is 2.81. The van der Waals surface area contributed by atoms with Crippen molar-refractivity contribution in [3.05, 3.63) is 23.5 Å². The molecule has 0 aliphatic carbocycles. The molecule has 2 aliphatic heterocycles. The SMILES string of the molecule is C1=NOC2Nc3cc[nH]c3C=C12. The molecule has 1 unspecified atom stereocenters. The van der Waals surface area contributed by atoms with E-state index in [-0.39, 0.29) is 6.23 Å². The fourth-order valence-corrected chi connectivity index (χ4v) is 1.44. The second-order valence-corrected chi connectivity index (χ2v) is 2.81. The number of nitrogens with one attached hydrogen (secondary N) is 2. The lowest BCUT2D eigenvalue weighted by molar-refractivity contribution is 0.124. The highest BCUT2D eigenvalue weighted by Gasteiger charge is 2.24. The monoisotopic (exact) mass is 161 g/mol. The standard InChI is InChI=1S/C8H7N3O/c1-2-9-7-3-5-4-10-12-8(5)11-6(1)7/h1-4,8-9,11H. The van der Waals surface area contributed by atoms with Crippen LogP contribution in [0, 0.1) is 0 Å². The lowest BCUT2D eigenvalue weighted by Gasteiger charge is -2.17. The molecule has 12 heavy (non-hydrogen) atoms. The average molecular weight is 161 g/mol. The van der Waals surface area contributed by atoms with Crippen LogP contribution in [0.1, 0.15) is 5.69 Å². The minimum Gasteiger partial charge on any atom is -0.366 e. The van der Waals surface area contributed by atoms with E-state index < -0.39 is 0 Å². The molecule has 3 rings (SSSR count). The van der Waals surface area contributed by atoms with Crippen LogP contribution in [0.2, 0.25) is 0 Å². The fourth-order valence-electron chi connectivity index (χ4n) is 1.44. The van der Waals surface area contributed by atoms with E-state index >= 15 is 0 Å². The van der Waals surface area contributed by atoms with Gasteiger partial charge in [0.15, 0.2) is 0 Å². The third-order valence-corrected chi connectivity index (χ3v) is 2.05. The van der Waals surface area contributed by atoms with Gasteiger partial charge in [0.1, 0.15) is 0 Å². The van der Waals surface area contributed by atoms with Crippen LogP contribution in [0.4, 0.5) is 5.69 Å². The summed E-state index contributed by atoms with van der Waals surface area (Å²) in [5.74, 6) is 0. The van der Waals surface area contributed by atoms with Crippen molar-refractivity contribution in [1.82, 2.24) is 4.98 Å². The van der Waals surface area contributed by atoms with Gasteiger partial charge in [-0.3, -0.25) is 0 Å². The Morgan fingerprint density at radius 3 is 3.50 bits per heavy atom. The summed E-state index contributed by atoms with van der Waals surface area (Å²) in [6.07, 6.45) is 5.56. The zero-order chi connectivity index (χ0) is 7.97. The van der Waals surface area contributed by atoms with Crippen molar-refractivity contribution < 1.29 is 4.84 Å². The molecule has 3 heterocycles. The van der Waals surface area contributed by atoms with Gasteiger partial charge in [-0.05, 0) is 12.1 Å². The summed E-state index contributed by atoms with van der Waals surface area (Å²) < 4.78 is 0. The Morgan fingerprint density at radius 2 is 2.50 bits per heavy atom. The maximum Gasteiger partial charge on any atom is 0.225 e. The highest BCUT2D eigenvalue weighted by molar-refractivity contribution is 5.91. The molecule has 4 heteroatoms. The van der Waals surface area contributed by atoms with Gasteiger partial charge < -0.3 is 15.1 Å². The predicted molar refractivity (Wildman–Crippen MR) is 45.8 cm³/mol. The average Bonchev–Trinajstić information content (AvgIpc) is 2.64. The van der Waals surface area contributed by atoms with Crippen LogP contribution in [0.15, 0.2) is 23.0 Å². The zero-order valence-corrected chi connectivity index (χ0v) is 6.24. The Labute approximate surface area is 68.9 Å². The summed E-state index contributed by atoms with van der Waals surface area (Å²) in [5.41, 5.74) is 3.21. The molecule has 4 nitrogen and oxygen atoms in total. The number of nitrogens with zero attached hydrogens (tertiary/aromatic N) is 1. The van der Waals surface area contributed by atoms with E-state index in [2.05, 4.69) is 15.5 Å². The first-order valence-electron chi connectivity index (χ1n) is 3.78. The Hall–Kier alpha value is -1.71. The number of aromatic nitrogens is 1. The Kier molecular flexibility index (Phi) is 0.935. The zero-order valence-electron chi connectivity index (χ0n) is 6.24. The van der Waals surface area contributed by atoms with Crippen molar-refractivity contribution in [1.29, 1.82) is 0 Å². The molecule has 1 aromatic rings. The summed E-state index contributed by atoms with van der Waals surface area (Å²) in [7, 11) is 0. The molecule has 1 aromatic heterocycles. The molecule has 1 atom stereocenters. The maximum absolute atomic E-state index is 5.06. The Bertz CT molecular complexity index is 377. The van der Waals surface area contributed by atoms with Crippen LogP contribution in [0.3, 0.4) is 0 Å². The van der Waals surface area contributed by atoms with Gasteiger partial charge in [-0.1, -0.05) is 5.16 Å². The molecule has 2 aliphatic rings. The minimum absolute atomic E-state index is 0.0895. The first kappa shape index (κ1) is 5.88. The molecule has 60 valence electrons. The summed E-state index contributed by atoms with van der Waals surface area (Å²) in [6, 6.07) is 1.98. The van der Waals surface area contributed by atoms with Crippen molar-refractivity contribution >= 4 is 18.0 Å². The number of fused-ring (bicyclic) bond motifs is 2. The summed E-state index contributed by atoms with van der Waals surface area (Å²) in [4.78, 5) is 8.17. The molecule has 0 radical (unpaired) electrons. The molecule has 0 fully saturated rings. The highest BCUT2D eigenvalue weighted by Crippen LogP contribution is 2.27. The highest BCUT2D eigenvalue weighted by atomic mass is 16.7. The molecule has 2 N–H and O–H groups in total. The fraction of sp³-hybridized carbons (Fsp3) is 0.125. The van der Waals surface area contributed by atoms with Crippen molar-refractivity contribution in [2.75, 3.05) is 5.32 Å². The van der Waals surface area contributed by atoms with Gasteiger partial charge in [0.05, 0.1) is 17.6 Å². The largest absolute Gasteiger partial charge is 0.366 e. The van der Waals surface area contributed by atoms with E-state index in [4.69, 9.17) is 4.84 Å². The van der Waals surface area contributed by atoms with Crippen LogP contribution in [0.25, 0.3) is 6.08 Å². The quantitative estimate of drug-likeness (QED) is 0.600. The number of oxime groups is 1. The van der Waals surface area contributed by atoms with E-state index in [0.717, 1.165) is 17.0 Å². The van der Waals surface area contributed by atoms with E-state index in [1.54, 1.807) is 6.21 Å². The number of rotatable bonds is 0. The van der Waals surface area contributed by atoms with Crippen molar-refractivity contribution in [3.8, 4) is 0 Å².